The Bertz CT molecular complexity index is 1590. The first-order valence-corrected chi connectivity index (χ1v) is 14.9. The van der Waals surface area contributed by atoms with Crippen molar-refractivity contribution in [2.45, 2.75) is 44.5 Å². The summed E-state index contributed by atoms with van der Waals surface area (Å²) >= 11 is 0. The van der Waals surface area contributed by atoms with Crippen LogP contribution in [-0.2, 0) is 52.3 Å². The summed E-state index contributed by atoms with van der Waals surface area (Å²) < 4.78 is 133. The minimum absolute atomic E-state index is 0.0357. The van der Waals surface area contributed by atoms with Gasteiger partial charge in [0.2, 0.25) is 5.95 Å². The van der Waals surface area contributed by atoms with E-state index < -0.39 is 79.0 Å². The first-order valence-electron chi connectivity index (χ1n) is 14.9. The number of benzene rings is 2. The molecule has 1 aliphatic heterocycles. The molecule has 0 aliphatic carbocycles. The predicted octanol–water partition coefficient (Wildman–Crippen LogP) is 6.32. The molecule has 1 fully saturated rings. The van der Waals surface area contributed by atoms with Crippen molar-refractivity contribution < 1.29 is 63.7 Å². The van der Waals surface area contributed by atoms with Gasteiger partial charge in [-0.15, -0.1) is 0 Å². The van der Waals surface area contributed by atoms with Gasteiger partial charge in [-0.2, -0.15) is 39.5 Å². The summed E-state index contributed by atoms with van der Waals surface area (Å²) in [5.74, 6) is -1.41. The number of alkyl carbamates (subject to hydrolysis) is 1. The number of halogens is 9. The van der Waals surface area contributed by atoms with Gasteiger partial charge in [0.05, 0.1) is 54.4 Å². The largest absolute Gasteiger partial charge is 0.481 e. The zero-order valence-electron chi connectivity index (χ0n) is 26.0. The number of hydrogen-bond acceptors (Lipinski definition) is 8. The van der Waals surface area contributed by atoms with Crippen molar-refractivity contribution in [2.75, 3.05) is 49.3 Å². The number of ether oxygens (including phenoxy) is 2. The monoisotopic (exact) mass is 723 g/mol. The summed E-state index contributed by atoms with van der Waals surface area (Å²) in [6, 6.07) is 3.68. The number of aromatic nitrogens is 2. The van der Waals surface area contributed by atoms with Crippen LogP contribution < -0.4 is 15.1 Å². The molecule has 1 amide bonds. The van der Waals surface area contributed by atoms with Crippen LogP contribution in [0.15, 0.2) is 48.8 Å². The first kappa shape index (κ1) is 38.0. The third kappa shape index (κ3) is 10.8. The smallest absolute Gasteiger partial charge is 0.416 e. The summed E-state index contributed by atoms with van der Waals surface area (Å²) in [7, 11) is 0. The highest BCUT2D eigenvalue weighted by atomic mass is 19.4. The average molecular weight is 724 g/mol. The van der Waals surface area contributed by atoms with E-state index in [1.807, 2.05) is 4.90 Å². The number of carboxylic acids is 1. The zero-order chi connectivity index (χ0) is 36.7. The number of aliphatic carboxylic acids is 1. The predicted molar refractivity (Wildman–Crippen MR) is 158 cm³/mol. The summed E-state index contributed by atoms with van der Waals surface area (Å²) in [5, 5.41) is 11.0. The molecule has 4 rings (SSSR count). The maximum atomic E-state index is 13.8. The molecule has 3 aromatic rings. The van der Waals surface area contributed by atoms with Crippen LogP contribution in [0.5, 0.6) is 0 Å². The lowest BCUT2D eigenvalue weighted by Crippen LogP contribution is -2.36. The van der Waals surface area contributed by atoms with E-state index in [9.17, 15) is 49.1 Å². The molecule has 1 aromatic heterocycles. The molecule has 0 saturated carbocycles. The molecule has 2 aromatic carbocycles. The third-order valence-corrected chi connectivity index (χ3v) is 7.41. The summed E-state index contributed by atoms with van der Waals surface area (Å²) in [6.07, 6.45) is -13.9. The molecule has 0 bridgehead atoms. The van der Waals surface area contributed by atoms with Crippen molar-refractivity contribution in [3.05, 3.63) is 82.2 Å². The topological polar surface area (TPSA) is 117 Å². The molecule has 50 heavy (non-hydrogen) atoms. The van der Waals surface area contributed by atoms with E-state index in [0.29, 0.717) is 44.1 Å². The number of rotatable bonds is 12. The highest BCUT2D eigenvalue weighted by molar-refractivity contribution is 5.69. The van der Waals surface area contributed by atoms with E-state index >= 15 is 0 Å². The van der Waals surface area contributed by atoms with Gasteiger partial charge in [0.15, 0.2) is 0 Å². The number of morpholine rings is 1. The van der Waals surface area contributed by atoms with Crippen molar-refractivity contribution >= 4 is 23.7 Å². The summed E-state index contributed by atoms with van der Waals surface area (Å²) in [4.78, 5) is 34.1. The molecule has 0 radical (unpaired) electrons. The van der Waals surface area contributed by atoms with Crippen LogP contribution in [0.2, 0.25) is 0 Å². The van der Waals surface area contributed by atoms with Gasteiger partial charge in [-0.3, -0.25) is 4.79 Å². The van der Waals surface area contributed by atoms with Crippen molar-refractivity contribution in [1.82, 2.24) is 15.3 Å². The fraction of sp³-hybridized carbons (Fsp3) is 0.419. The molecule has 0 unspecified atom stereocenters. The number of carbonyl (C=O) groups excluding carboxylic acids is 1. The molecule has 272 valence electrons. The number of carboxylic acid groups (broad SMARTS) is 1. The van der Waals surface area contributed by atoms with Gasteiger partial charge in [-0.25, -0.2) is 14.8 Å². The van der Waals surface area contributed by atoms with Crippen LogP contribution in [0.25, 0.3) is 0 Å². The molecular weight excluding hydrogens is 693 g/mol. The lowest BCUT2D eigenvalue weighted by Gasteiger charge is -2.29. The van der Waals surface area contributed by atoms with Gasteiger partial charge >= 0.3 is 30.6 Å². The molecule has 1 saturated heterocycles. The van der Waals surface area contributed by atoms with E-state index in [0.717, 1.165) is 23.1 Å². The highest BCUT2D eigenvalue weighted by Crippen LogP contribution is 2.37. The third-order valence-electron chi connectivity index (χ3n) is 7.41. The van der Waals surface area contributed by atoms with Crippen LogP contribution >= 0.6 is 0 Å². The van der Waals surface area contributed by atoms with E-state index in [2.05, 4.69) is 15.3 Å². The van der Waals surface area contributed by atoms with E-state index in [1.54, 1.807) is 0 Å². The second-order valence-corrected chi connectivity index (χ2v) is 11.0. The van der Waals surface area contributed by atoms with Crippen LogP contribution in [-0.4, -0.2) is 66.6 Å². The summed E-state index contributed by atoms with van der Waals surface area (Å²) in [6.45, 7) is 0.0211. The maximum Gasteiger partial charge on any atom is 0.416 e. The number of hydrogen-bond donors (Lipinski definition) is 2. The van der Waals surface area contributed by atoms with Crippen LogP contribution in [0.4, 0.5) is 55.9 Å². The van der Waals surface area contributed by atoms with Crippen molar-refractivity contribution in [3.63, 3.8) is 0 Å². The Labute approximate surface area is 278 Å². The van der Waals surface area contributed by atoms with Crippen molar-refractivity contribution in [1.29, 1.82) is 0 Å². The molecule has 2 heterocycles. The second kappa shape index (κ2) is 15.8. The van der Waals surface area contributed by atoms with Crippen molar-refractivity contribution in [3.8, 4) is 0 Å². The van der Waals surface area contributed by atoms with E-state index in [1.165, 1.54) is 12.4 Å². The quantitative estimate of drug-likeness (QED) is 0.207. The fourth-order valence-electron chi connectivity index (χ4n) is 4.97. The van der Waals surface area contributed by atoms with Crippen LogP contribution in [0.3, 0.4) is 0 Å². The number of anilines is 2. The second-order valence-electron chi connectivity index (χ2n) is 11.0. The number of alkyl halides is 9. The lowest BCUT2D eigenvalue weighted by atomic mass is 9.99. The van der Waals surface area contributed by atoms with Crippen molar-refractivity contribution in [2.24, 2.45) is 0 Å². The Morgan fingerprint density at radius 2 is 1.44 bits per heavy atom. The number of carbonyl (C=O) groups is 2. The first-order chi connectivity index (χ1) is 23.4. The number of amides is 1. The molecular formula is C31H30F9N5O5. The Morgan fingerprint density at radius 1 is 0.840 bits per heavy atom. The zero-order valence-corrected chi connectivity index (χ0v) is 26.0. The lowest BCUT2D eigenvalue weighted by molar-refractivity contribution is -0.143. The van der Waals surface area contributed by atoms with E-state index in [-0.39, 0.29) is 36.1 Å². The Kier molecular flexibility index (Phi) is 12.0. The minimum atomic E-state index is -5.15. The minimum Gasteiger partial charge on any atom is -0.481 e. The van der Waals surface area contributed by atoms with E-state index in [4.69, 9.17) is 14.6 Å². The van der Waals surface area contributed by atoms with Gasteiger partial charge in [-0.05, 0) is 53.4 Å². The van der Waals surface area contributed by atoms with Gasteiger partial charge in [0, 0.05) is 32.7 Å². The summed E-state index contributed by atoms with van der Waals surface area (Å²) in [5.41, 5.74) is -3.97. The maximum absolute atomic E-state index is 13.8. The molecule has 19 heteroatoms. The highest BCUT2D eigenvalue weighted by Gasteiger charge is 2.37. The average Bonchev–Trinajstić information content (AvgIpc) is 3.04. The van der Waals surface area contributed by atoms with Gasteiger partial charge in [-0.1, -0.05) is 6.07 Å². The molecule has 2 N–H and O–H groups in total. The van der Waals surface area contributed by atoms with Gasteiger partial charge in [0.1, 0.15) is 6.61 Å². The number of nitrogens with one attached hydrogen (secondary N) is 1. The van der Waals surface area contributed by atoms with Crippen LogP contribution in [0.1, 0.15) is 39.8 Å². The Balaban J connectivity index is 1.70. The SMILES string of the molecule is O=C(O)CCOC(=O)NCCc1ccc(C(F)(F)F)cc1CN(Cc1cc(C(F)(F)F)cc(C(F)(F)F)c1)c1ncc(N2CCOCC2)cn1. The normalized spacial score (nSPS) is 14.0. The van der Waals surface area contributed by atoms with Gasteiger partial charge in [0.25, 0.3) is 0 Å². The molecule has 1 aliphatic rings. The van der Waals surface area contributed by atoms with Crippen LogP contribution in [0, 0.1) is 0 Å². The molecule has 0 spiro atoms. The molecule has 0 atom stereocenters. The Hall–Kier alpha value is -4.81. The Morgan fingerprint density at radius 3 is 2.00 bits per heavy atom. The molecule has 10 nitrogen and oxygen atoms in total. The standard InChI is InChI=1S/C31H30F9N5O5/c32-29(33,34)22-2-1-20(3-5-41-28(48)50-8-4-26(46)47)21(13-22)18-45(27-42-15-25(16-43-27)44-6-9-49-10-7-44)17-19-11-23(30(35,36)37)14-24(12-19)31(38,39)40/h1-2,11-16H,3-10,17-18H2,(H,41,48)(H,46,47). The van der Waals surface area contributed by atoms with Gasteiger partial charge < -0.3 is 29.7 Å². The number of nitrogens with zero attached hydrogens (tertiary/aromatic N) is 4. The fourth-order valence-corrected chi connectivity index (χ4v) is 4.97.